The van der Waals surface area contributed by atoms with Crippen LogP contribution in [0, 0.1) is 0 Å². The molecule has 0 spiro atoms. The summed E-state index contributed by atoms with van der Waals surface area (Å²) in [4.78, 5) is 14.8. The SMILES string of the molecule is O=C1NC(=S)SC1=Cc1cc(Br)ccc1OCCN1CCCC1. The van der Waals surface area contributed by atoms with Gasteiger partial charge in [-0.25, -0.2) is 0 Å². The van der Waals surface area contributed by atoms with Crippen molar-refractivity contribution in [3.05, 3.63) is 33.1 Å². The van der Waals surface area contributed by atoms with Crippen LogP contribution in [0.5, 0.6) is 5.75 Å². The fourth-order valence-electron chi connectivity index (χ4n) is 2.62. The normalized spacial score (nSPS) is 20.3. The van der Waals surface area contributed by atoms with E-state index in [1.807, 2.05) is 24.3 Å². The number of ether oxygens (including phenoxy) is 1. The summed E-state index contributed by atoms with van der Waals surface area (Å²) in [5.74, 6) is 0.633. The van der Waals surface area contributed by atoms with E-state index in [4.69, 9.17) is 17.0 Å². The van der Waals surface area contributed by atoms with Gasteiger partial charge in [-0.05, 0) is 50.2 Å². The Morgan fingerprint density at radius 1 is 1.39 bits per heavy atom. The van der Waals surface area contributed by atoms with E-state index in [1.54, 1.807) is 0 Å². The third-order valence-corrected chi connectivity index (χ3v) is 5.42. The number of nitrogens with zero attached hydrogens (tertiary/aromatic N) is 1. The van der Waals surface area contributed by atoms with Gasteiger partial charge < -0.3 is 10.1 Å². The Labute approximate surface area is 153 Å². The van der Waals surface area contributed by atoms with Crippen molar-refractivity contribution in [3.63, 3.8) is 0 Å². The second-order valence-electron chi connectivity index (χ2n) is 5.43. The van der Waals surface area contributed by atoms with E-state index in [2.05, 4.69) is 26.1 Å². The van der Waals surface area contributed by atoms with Crippen molar-refractivity contribution in [2.24, 2.45) is 0 Å². The van der Waals surface area contributed by atoms with Gasteiger partial charge in [0.05, 0.1) is 4.91 Å². The highest BCUT2D eigenvalue weighted by molar-refractivity contribution is 9.10. The van der Waals surface area contributed by atoms with Crippen molar-refractivity contribution >= 4 is 56.2 Å². The largest absolute Gasteiger partial charge is 0.492 e. The zero-order valence-corrected chi connectivity index (χ0v) is 15.7. The molecule has 1 aromatic rings. The van der Waals surface area contributed by atoms with E-state index >= 15 is 0 Å². The first-order valence-corrected chi connectivity index (χ1v) is 9.53. The van der Waals surface area contributed by atoms with Crippen LogP contribution in [0.3, 0.4) is 0 Å². The topological polar surface area (TPSA) is 41.6 Å². The lowest BCUT2D eigenvalue weighted by Gasteiger charge is -2.16. The lowest BCUT2D eigenvalue weighted by molar-refractivity contribution is -0.115. The third-order valence-electron chi connectivity index (χ3n) is 3.76. The second kappa shape index (κ2) is 7.79. The molecule has 7 heteroatoms. The van der Waals surface area contributed by atoms with Gasteiger partial charge in [-0.2, -0.15) is 0 Å². The zero-order valence-electron chi connectivity index (χ0n) is 12.5. The number of hydrogen-bond donors (Lipinski definition) is 1. The molecule has 0 aromatic heterocycles. The summed E-state index contributed by atoms with van der Waals surface area (Å²) in [6.07, 6.45) is 4.39. The number of hydrogen-bond acceptors (Lipinski definition) is 5. The molecule has 0 radical (unpaired) electrons. The van der Waals surface area contributed by atoms with Gasteiger partial charge >= 0.3 is 0 Å². The molecule has 2 heterocycles. The molecule has 1 N–H and O–H groups in total. The van der Waals surface area contributed by atoms with Crippen molar-refractivity contribution in [2.45, 2.75) is 12.8 Å². The molecule has 2 aliphatic heterocycles. The van der Waals surface area contributed by atoms with Crippen molar-refractivity contribution in [1.29, 1.82) is 0 Å². The fourth-order valence-corrected chi connectivity index (χ4v) is 4.03. The van der Waals surface area contributed by atoms with Gasteiger partial charge in [0.25, 0.3) is 5.91 Å². The van der Waals surface area contributed by atoms with E-state index in [-0.39, 0.29) is 5.91 Å². The lowest BCUT2D eigenvalue weighted by atomic mass is 10.2. The summed E-state index contributed by atoms with van der Waals surface area (Å²) >= 11 is 9.77. The van der Waals surface area contributed by atoms with Gasteiger partial charge in [-0.3, -0.25) is 9.69 Å². The summed E-state index contributed by atoms with van der Waals surface area (Å²) < 4.78 is 7.39. The number of halogens is 1. The van der Waals surface area contributed by atoms with E-state index in [1.165, 1.54) is 24.6 Å². The smallest absolute Gasteiger partial charge is 0.263 e. The number of amides is 1. The molecule has 0 aliphatic carbocycles. The van der Waals surface area contributed by atoms with E-state index in [0.717, 1.165) is 35.4 Å². The van der Waals surface area contributed by atoms with Crippen molar-refractivity contribution < 1.29 is 9.53 Å². The molecule has 23 heavy (non-hydrogen) atoms. The van der Waals surface area contributed by atoms with Crippen LogP contribution < -0.4 is 10.1 Å². The molecular formula is C16H17BrN2O2S2. The van der Waals surface area contributed by atoms with Crippen LogP contribution in [0.2, 0.25) is 0 Å². The van der Waals surface area contributed by atoms with Gasteiger partial charge in [0.1, 0.15) is 16.7 Å². The highest BCUT2D eigenvalue weighted by Crippen LogP contribution is 2.31. The van der Waals surface area contributed by atoms with Gasteiger partial charge in [0.2, 0.25) is 0 Å². The Balaban J connectivity index is 1.71. The minimum atomic E-state index is -0.150. The molecule has 0 atom stereocenters. The number of nitrogens with one attached hydrogen (secondary N) is 1. The Bertz CT molecular complexity index is 657. The van der Waals surface area contributed by atoms with Gasteiger partial charge in [0.15, 0.2) is 0 Å². The number of likely N-dealkylation sites (tertiary alicyclic amines) is 1. The molecular weight excluding hydrogens is 396 g/mol. The zero-order chi connectivity index (χ0) is 16.2. The Kier molecular flexibility index (Phi) is 5.74. The first kappa shape index (κ1) is 17.0. The lowest BCUT2D eigenvalue weighted by Crippen LogP contribution is -2.25. The summed E-state index contributed by atoms with van der Waals surface area (Å²) in [5, 5.41) is 2.63. The minimum absolute atomic E-state index is 0.150. The van der Waals surface area contributed by atoms with E-state index in [9.17, 15) is 4.79 Å². The molecule has 0 saturated carbocycles. The fraction of sp³-hybridized carbons (Fsp3) is 0.375. The van der Waals surface area contributed by atoms with Crippen LogP contribution in [-0.2, 0) is 4.79 Å². The number of thiocarbonyl (C=S) groups is 1. The molecule has 2 saturated heterocycles. The number of carbonyl (C=O) groups excluding carboxylic acids is 1. The van der Waals surface area contributed by atoms with Crippen LogP contribution in [-0.4, -0.2) is 41.4 Å². The number of benzene rings is 1. The predicted molar refractivity (Wildman–Crippen MR) is 102 cm³/mol. The van der Waals surface area contributed by atoms with Crippen LogP contribution in [0.1, 0.15) is 18.4 Å². The highest BCUT2D eigenvalue weighted by atomic mass is 79.9. The van der Waals surface area contributed by atoms with Crippen molar-refractivity contribution in [1.82, 2.24) is 10.2 Å². The molecule has 2 fully saturated rings. The molecule has 0 bridgehead atoms. The summed E-state index contributed by atoms with van der Waals surface area (Å²) in [5.41, 5.74) is 0.878. The highest BCUT2D eigenvalue weighted by Gasteiger charge is 2.22. The molecule has 1 aromatic carbocycles. The maximum atomic E-state index is 11.8. The Hall–Kier alpha value is -0.890. The molecule has 0 unspecified atom stereocenters. The minimum Gasteiger partial charge on any atom is -0.492 e. The van der Waals surface area contributed by atoms with Crippen LogP contribution in [0.25, 0.3) is 6.08 Å². The molecule has 4 nitrogen and oxygen atoms in total. The van der Waals surface area contributed by atoms with Gasteiger partial charge in [0, 0.05) is 16.6 Å². The Morgan fingerprint density at radius 2 is 2.17 bits per heavy atom. The van der Waals surface area contributed by atoms with Crippen molar-refractivity contribution in [3.8, 4) is 5.75 Å². The van der Waals surface area contributed by atoms with Gasteiger partial charge in [-0.15, -0.1) is 0 Å². The number of rotatable bonds is 5. The number of thioether (sulfide) groups is 1. The average Bonchev–Trinajstić information content (AvgIpc) is 3.12. The Morgan fingerprint density at radius 3 is 2.87 bits per heavy atom. The first-order valence-electron chi connectivity index (χ1n) is 7.51. The van der Waals surface area contributed by atoms with Crippen molar-refractivity contribution in [2.75, 3.05) is 26.2 Å². The molecule has 122 valence electrons. The van der Waals surface area contributed by atoms with Crippen LogP contribution in [0.15, 0.2) is 27.6 Å². The van der Waals surface area contributed by atoms with Crippen LogP contribution >= 0.6 is 39.9 Å². The maximum absolute atomic E-state index is 11.8. The standard InChI is InChI=1S/C16H17BrN2O2S2/c17-12-3-4-13(21-8-7-19-5-1-2-6-19)11(9-12)10-14-15(20)18-16(22)23-14/h3-4,9-10H,1-2,5-8H2,(H,18,20,22). The summed E-state index contributed by atoms with van der Waals surface area (Å²) in [6.45, 7) is 3.91. The van der Waals surface area contributed by atoms with E-state index < -0.39 is 0 Å². The maximum Gasteiger partial charge on any atom is 0.263 e. The monoisotopic (exact) mass is 412 g/mol. The third kappa shape index (κ3) is 4.56. The number of carbonyl (C=O) groups is 1. The van der Waals surface area contributed by atoms with E-state index in [0.29, 0.717) is 15.8 Å². The first-order chi connectivity index (χ1) is 11.1. The summed E-state index contributed by atoms with van der Waals surface area (Å²) in [7, 11) is 0. The second-order valence-corrected chi connectivity index (χ2v) is 8.07. The predicted octanol–water partition coefficient (Wildman–Crippen LogP) is 3.41. The van der Waals surface area contributed by atoms with Gasteiger partial charge in [-0.1, -0.05) is 39.9 Å². The van der Waals surface area contributed by atoms with Crippen LogP contribution in [0.4, 0.5) is 0 Å². The average molecular weight is 413 g/mol. The molecule has 1 amide bonds. The molecule has 2 aliphatic rings. The summed E-state index contributed by atoms with van der Waals surface area (Å²) in [6, 6.07) is 5.82. The molecule has 3 rings (SSSR count). The quantitative estimate of drug-likeness (QED) is 0.592.